The smallest absolute Gasteiger partial charge is 0.0796 e. The highest BCUT2D eigenvalue weighted by Crippen LogP contribution is 2.14. The Morgan fingerprint density at radius 2 is 2.00 bits per heavy atom. The standard InChI is InChI=1S/C8H15N3/c1-6(2)8(4)11-5-7(3)9-10-11/h5-6,8H,1-4H3/t8-/m0/s1. The molecule has 1 aromatic rings. The highest BCUT2D eigenvalue weighted by molar-refractivity contribution is 4.88. The monoisotopic (exact) mass is 153 g/mol. The molecular formula is C8H15N3. The zero-order chi connectivity index (χ0) is 8.43. The van der Waals surface area contributed by atoms with Gasteiger partial charge in [-0.3, -0.25) is 0 Å². The fourth-order valence-corrected chi connectivity index (χ4v) is 0.870. The maximum Gasteiger partial charge on any atom is 0.0796 e. The first-order valence-corrected chi connectivity index (χ1v) is 3.99. The normalized spacial score (nSPS) is 13.9. The van der Waals surface area contributed by atoms with E-state index in [0.717, 1.165) is 5.69 Å². The van der Waals surface area contributed by atoms with E-state index in [1.54, 1.807) is 0 Å². The summed E-state index contributed by atoms with van der Waals surface area (Å²) in [7, 11) is 0. The molecule has 1 aromatic heterocycles. The summed E-state index contributed by atoms with van der Waals surface area (Å²) in [6.07, 6.45) is 1.98. The van der Waals surface area contributed by atoms with E-state index >= 15 is 0 Å². The number of nitrogens with zero attached hydrogens (tertiary/aromatic N) is 3. The van der Waals surface area contributed by atoms with Crippen LogP contribution < -0.4 is 0 Å². The predicted octanol–water partition coefficient (Wildman–Crippen LogP) is 1.80. The van der Waals surface area contributed by atoms with E-state index < -0.39 is 0 Å². The average Bonchev–Trinajstić information content (AvgIpc) is 2.34. The number of rotatable bonds is 2. The van der Waals surface area contributed by atoms with Gasteiger partial charge in [0.1, 0.15) is 0 Å². The van der Waals surface area contributed by atoms with Gasteiger partial charge in [-0.25, -0.2) is 4.68 Å². The molecule has 0 bridgehead atoms. The third-order valence-electron chi connectivity index (χ3n) is 2.01. The zero-order valence-electron chi connectivity index (χ0n) is 7.57. The Bertz CT molecular complexity index is 227. The van der Waals surface area contributed by atoms with Gasteiger partial charge in [0.15, 0.2) is 0 Å². The molecule has 0 fully saturated rings. The summed E-state index contributed by atoms with van der Waals surface area (Å²) in [5, 5.41) is 7.94. The molecule has 0 saturated carbocycles. The van der Waals surface area contributed by atoms with Gasteiger partial charge in [-0.05, 0) is 19.8 Å². The van der Waals surface area contributed by atoms with Crippen molar-refractivity contribution in [2.24, 2.45) is 5.92 Å². The van der Waals surface area contributed by atoms with Crippen molar-refractivity contribution in [2.45, 2.75) is 33.7 Å². The molecule has 1 atom stereocenters. The van der Waals surface area contributed by atoms with Crippen LogP contribution in [0.5, 0.6) is 0 Å². The third-order valence-corrected chi connectivity index (χ3v) is 2.01. The zero-order valence-corrected chi connectivity index (χ0v) is 7.57. The van der Waals surface area contributed by atoms with Gasteiger partial charge in [0.2, 0.25) is 0 Å². The molecule has 3 nitrogen and oxygen atoms in total. The molecule has 0 amide bonds. The Morgan fingerprint density at radius 3 is 2.36 bits per heavy atom. The molecule has 0 radical (unpaired) electrons. The number of hydrogen-bond acceptors (Lipinski definition) is 2. The summed E-state index contributed by atoms with van der Waals surface area (Å²) in [5.74, 6) is 0.607. The second kappa shape index (κ2) is 3.03. The molecule has 0 spiro atoms. The van der Waals surface area contributed by atoms with Crippen molar-refractivity contribution < 1.29 is 0 Å². The molecule has 0 aliphatic heterocycles. The van der Waals surface area contributed by atoms with Crippen molar-refractivity contribution in [1.29, 1.82) is 0 Å². The molecule has 0 aliphatic carbocycles. The molecule has 1 heterocycles. The van der Waals surface area contributed by atoms with Crippen molar-refractivity contribution in [3.8, 4) is 0 Å². The number of aromatic nitrogens is 3. The lowest BCUT2D eigenvalue weighted by molar-refractivity contribution is 0.368. The summed E-state index contributed by atoms with van der Waals surface area (Å²) in [6, 6.07) is 0.441. The van der Waals surface area contributed by atoms with Gasteiger partial charge in [0.05, 0.1) is 11.7 Å². The minimum Gasteiger partial charge on any atom is -0.249 e. The first-order chi connectivity index (χ1) is 5.11. The second-order valence-corrected chi connectivity index (χ2v) is 3.32. The molecule has 1 rings (SSSR count). The van der Waals surface area contributed by atoms with Gasteiger partial charge in [-0.1, -0.05) is 19.1 Å². The molecule has 0 aromatic carbocycles. The van der Waals surface area contributed by atoms with Crippen LogP contribution in [0.1, 0.15) is 32.5 Å². The first kappa shape index (κ1) is 8.24. The van der Waals surface area contributed by atoms with E-state index in [4.69, 9.17) is 0 Å². The van der Waals surface area contributed by atoms with Gasteiger partial charge < -0.3 is 0 Å². The Labute approximate surface area is 67.4 Å². The maximum atomic E-state index is 4.00. The van der Waals surface area contributed by atoms with Gasteiger partial charge in [-0.2, -0.15) is 0 Å². The van der Waals surface area contributed by atoms with Crippen LogP contribution >= 0.6 is 0 Å². The first-order valence-electron chi connectivity index (χ1n) is 3.99. The van der Waals surface area contributed by atoms with Gasteiger partial charge in [0, 0.05) is 6.20 Å². The van der Waals surface area contributed by atoms with E-state index in [1.165, 1.54) is 0 Å². The topological polar surface area (TPSA) is 30.7 Å². The average molecular weight is 153 g/mol. The van der Waals surface area contributed by atoms with Crippen LogP contribution in [-0.4, -0.2) is 15.0 Å². The van der Waals surface area contributed by atoms with Crippen LogP contribution in [0.15, 0.2) is 6.20 Å². The summed E-state index contributed by atoms with van der Waals surface area (Å²) < 4.78 is 1.92. The number of aryl methyl sites for hydroxylation is 1. The van der Waals surface area contributed by atoms with Crippen LogP contribution in [0, 0.1) is 12.8 Å². The van der Waals surface area contributed by atoms with Crippen LogP contribution in [0.4, 0.5) is 0 Å². The van der Waals surface area contributed by atoms with Crippen molar-refractivity contribution in [3.63, 3.8) is 0 Å². The number of hydrogen-bond donors (Lipinski definition) is 0. The Kier molecular flexibility index (Phi) is 2.27. The molecular weight excluding hydrogens is 138 g/mol. The van der Waals surface area contributed by atoms with E-state index in [9.17, 15) is 0 Å². The Morgan fingerprint density at radius 1 is 1.36 bits per heavy atom. The van der Waals surface area contributed by atoms with Gasteiger partial charge in [-0.15, -0.1) is 5.10 Å². The molecule has 0 aliphatic rings. The molecule has 11 heavy (non-hydrogen) atoms. The molecule has 0 N–H and O–H groups in total. The van der Waals surface area contributed by atoms with Crippen LogP contribution in [0.3, 0.4) is 0 Å². The lowest BCUT2D eigenvalue weighted by Gasteiger charge is -2.14. The molecule has 3 heteroatoms. The maximum absolute atomic E-state index is 4.00. The highest BCUT2D eigenvalue weighted by atomic mass is 15.4. The summed E-state index contributed by atoms with van der Waals surface area (Å²) in [6.45, 7) is 8.47. The van der Waals surface area contributed by atoms with E-state index in [-0.39, 0.29) is 0 Å². The van der Waals surface area contributed by atoms with Gasteiger partial charge in [0.25, 0.3) is 0 Å². The van der Waals surface area contributed by atoms with Gasteiger partial charge >= 0.3 is 0 Å². The predicted molar refractivity (Wildman–Crippen MR) is 44.3 cm³/mol. The Balaban J connectivity index is 2.76. The second-order valence-electron chi connectivity index (χ2n) is 3.32. The van der Waals surface area contributed by atoms with Crippen LogP contribution in [0.25, 0.3) is 0 Å². The third kappa shape index (κ3) is 1.79. The van der Waals surface area contributed by atoms with Crippen molar-refractivity contribution in [3.05, 3.63) is 11.9 Å². The van der Waals surface area contributed by atoms with Crippen LogP contribution in [0.2, 0.25) is 0 Å². The van der Waals surface area contributed by atoms with Crippen LogP contribution in [-0.2, 0) is 0 Å². The summed E-state index contributed by atoms with van der Waals surface area (Å²) in [4.78, 5) is 0. The van der Waals surface area contributed by atoms with E-state index in [2.05, 4.69) is 31.1 Å². The minimum atomic E-state index is 0.441. The quantitative estimate of drug-likeness (QED) is 0.648. The minimum absolute atomic E-state index is 0.441. The van der Waals surface area contributed by atoms with Crippen molar-refractivity contribution in [1.82, 2.24) is 15.0 Å². The lowest BCUT2D eigenvalue weighted by atomic mass is 10.1. The molecule has 0 unspecified atom stereocenters. The Hall–Kier alpha value is -0.860. The molecule has 62 valence electrons. The summed E-state index contributed by atoms with van der Waals surface area (Å²) >= 11 is 0. The van der Waals surface area contributed by atoms with E-state index in [0.29, 0.717) is 12.0 Å². The summed E-state index contributed by atoms with van der Waals surface area (Å²) in [5.41, 5.74) is 0.984. The fraction of sp³-hybridized carbons (Fsp3) is 0.750. The van der Waals surface area contributed by atoms with Crippen molar-refractivity contribution in [2.75, 3.05) is 0 Å². The fourth-order valence-electron chi connectivity index (χ4n) is 0.870. The SMILES string of the molecule is Cc1cn([C@@H](C)C(C)C)nn1. The van der Waals surface area contributed by atoms with E-state index in [1.807, 2.05) is 17.8 Å². The highest BCUT2D eigenvalue weighted by Gasteiger charge is 2.09. The van der Waals surface area contributed by atoms with Crippen molar-refractivity contribution >= 4 is 0 Å². The largest absolute Gasteiger partial charge is 0.249 e. The molecule has 0 saturated heterocycles. The lowest BCUT2D eigenvalue weighted by Crippen LogP contribution is -2.11.